The van der Waals surface area contributed by atoms with E-state index >= 15 is 0 Å². The molecule has 1 aliphatic rings. The molecule has 2 nitrogen and oxygen atoms in total. The first-order valence-electron chi connectivity index (χ1n) is 9.58. The van der Waals surface area contributed by atoms with Crippen molar-refractivity contribution < 1.29 is 18.3 Å². The van der Waals surface area contributed by atoms with Crippen LogP contribution >= 0.6 is 23.2 Å². The standard InChI is InChI=1S/C22H20Cl2F3NO/c23-13-8-17-16-7-12(22(25,26)27)4-5-15(16)19(11-18(17)20(24)9-13)21(29)10-14-3-1-2-6-28-14/h4-5,7-9,11,14,21,28-29H,1-3,6,10H2/t14-,21-/m1/s1. The second-order valence-electron chi connectivity index (χ2n) is 7.60. The fraction of sp³-hybridized carbons (Fsp3) is 0.364. The van der Waals surface area contributed by atoms with E-state index in [0.29, 0.717) is 43.6 Å². The van der Waals surface area contributed by atoms with Gasteiger partial charge in [-0.15, -0.1) is 0 Å². The first-order chi connectivity index (χ1) is 13.7. The van der Waals surface area contributed by atoms with E-state index < -0.39 is 17.8 Å². The summed E-state index contributed by atoms with van der Waals surface area (Å²) >= 11 is 12.5. The van der Waals surface area contributed by atoms with Crippen molar-refractivity contribution in [1.29, 1.82) is 0 Å². The van der Waals surface area contributed by atoms with Crippen molar-refractivity contribution in [3.05, 3.63) is 57.6 Å². The minimum Gasteiger partial charge on any atom is -0.388 e. The molecule has 3 aromatic rings. The second kappa shape index (κ2) is 7.95. The first-order valence-corrected chi connectivity index (χ1v) is 10.3. The average Bonchev–Trinajstić information content (AvgIpc) is 2.67. The van der Waals surface area contributed by atoms with E-state index in [2.05, 4.69) is 5.32 Å². The Morgan fingerprint density at radius 2 is 1.76 bits per heavy atom. The summed E-state index contributed by atoms with van der Waals surface area (Å²) in [6, 6.07) is 8.72. The highest BCUT2D eigenvalue weighted by molar-refractivity contribution is 6.39. The smallest absolute Gasteiger partial charge is 0.388 e. The molecule has 1 saturated heterocycles. The Bertz CT molecular complexity index is 1060. The molecule has 4 rings (SSSR count). The van der Waals surface area contributed by atoms with E-state index in [-0.39, 0.29) is 6.04 Å². The third-order valence-electron chi connectivity index (χ3n) is 5.62. The van der Waals surface area contributed by atoms with Gasteiger partial charge in [0, 0.05) is 21.5 Å². The van der Waals surface area contributed by atoms with Crippen LogP contribution in [0.25, 0.3) is 21.5 Å². The van der Waals surface area contributed by atoms with Gasteiger partial charge in [-0.3, -0.25) is 0 Å². The van der Waals surface area contributed by atoms with Crippen LogP contribution in [0, 0.1) is 0 Å². The molecule has 1 aliphatic heterocycles. The molecule has 0 bridgehead atoms. The minimum atomic E-state index is -4.47. The van der Waals surface area contributed by atoms with Gasteiger partial charge in [-0.2, -0.15) is 13.2 Å². The molecule has 0 spiro atoms. The third-order valence-corrected chi connectivity index (χ3v) is 6.15. The van der Waals surface area contributed by atoms with Crippen molar-refractivity contribution in [3.8, 4) is 0 Å². The lowest BCUT2D eigenvalue weighted by atomic mass is 9.89. The van der Waals surface area contributed by atoms with Gasteiger partial charge in [0.1, 0.15) is 0 Å². The maximum absolute atomic E-state index is 13.3. The maximum atomic E-state index is 13.3. The summed E-state index contributed by atoms with van der Waals surface area (Å²) in [6.45, 7) is 0.912. The number of fused-ring (bicyclic) bond motifs is 3. The largest absolute Gasteiger partial charge is 0.416 e. The maximum Gasteiger partial charge on any atom is 0.416 e. The molecule has 0 aromatic heterocycles. The SMILES string of the molecule is O[C@H](C[C@H]1CCCCN1)c1cc2c(Cl)cc(Cl)cc2c2cc(C(F)(F)F)ccc12. The number of benzene rings is 3. The molecular formula is C22H20Cl2F3NO. The molecule has 0 saturated carbocycles. The van der Waals surface area contributed by atoms with Crippen molar-refractivity contribution >= 4 is 44.7 Å². The quantitative estimate of drug-likeness (QED) is 0.433. The number of rotatable bonds is 3. The number of hydrogen-bond donors (Lipinski definition) is 2. The van der Waals surface area contributed by atoms with Gasteiger partial charge in [-0.1, -0.05) is 35.7 Å². The highest BCUT2D eigenvalue weighted by Crippen LogP contribution is 2.40. The zero-order valence-corrected chi connectivity index (χ0v) is 17.0. The van der Waals surface area contributed by atoms with Crippen molar-refractivity contribution in [1.82, 2.24) is 5.32 Å². The molecule has 29 heavy (non-hydrogen) atoms. The summed E-state index contributed by atoms with van der Waals surface area (Å²) in [6.07, 6.45) is -1.61. The predicted octanol–water partition coefficient (Wildman–Crippen LogP) is 6.88. The summed E-state index contributed by atoms with van der Waals surface area (Å²) in [4.78, 5) is 0. The molecule has 0 amide bonds. The molecule has 0 aliphatic carbocycles. The second-order valence-corrected chi connectivity index (χ2v) is 8.45. The minimum absolute atomic E-state index is 0.180. The van der Waals surface area contributed by atoms with Crippen LogP contribution in [0.2, 0.25) is 10.0 Å². The van der Waals surface area contributed by atoms with Gasteiger partial charge in [0.15, 0.2) is 0 Å². The molecule has 1 fully saturated rings. The molecule has 154 valence electrons. The van der Waals surface area contributed by atoms with Crippen molar-refractivity contribution in [2.75, 3.05) is 6.54 Å². The highest BCUT2D eigenvalue weighted by Gasteiger charge is 2.31. The first kappa shape index (κ1) is 20.7. The summed E-state index contributed by atoms with van der Waals surface area (Å²) < 4.78 is 40.0. The van der Waals surface area contributed by atoms with Gasteiger partial charge in [0.2, 0.25) is 0 Å². The van der Waals surface area contributed by atoms with Gasteiger partial charge in [0.25, 0.3) is 0 Å². The van der Waals surface area contributed by atoms with Crippen LogP contribution in [-0.2, 0) is 6.18 Å². The number of nitrogens with one attached hydrogen (secondary N) is 1. The van der Waals surface area contributed by atoms with Crippen LogP contribution in [0.5, 0.6) is 0 Å². The van der Waals surface area contributed by atoms with E-state index in [0.717, 1.165) is 37.9 Å². The van der Waals surface area contributed by atoms with Crippen LogP contribution in [-0.4, -0.2) is 17.7 Å². The van der Waals surface area contributed by atoms with E-state index in [1.807, 2.05) is 0 Å². The monoisotopic (exact) mass is 441 g/mol. The summed E-state index contributed by atoms with van der Waals surface area (Å²) in [5.74, 6) is 0. The number of halogens is 5. The fourth-order valence-electron chi connectivity index (χ4n) is 4.18. The van der Waals surface area contributed by atoms with Crippen LogP contribution < -0.4 is 5.32 Å². The van der Waals surface area contributed by atoms with Gasteiger partial charge in [-0.25, -0.2) is 0 Å². The molecule has 0 radical (unpaired) electrons. The number of alkyl halides is 3. The van der Waals surface area contributed by atoms with Crippen molar-refractivity contribution in [2.45, 2.75) is 44.0 Å². The molecular weight excluding hydrogens is 422 g/mol. The zero-order valence-electron chi connectivity index (χ0n) is 15.5. The number of aliphatic hydroxyl groups excluding tert-OH is 1. The predicted molar refractivity (Wildman–Crippen MR) is 112 cm³/mol. The summed E-state index contributed by atoms with van der Waals surface area (Å²) in [7, 11) is 0. The Balaban J connectivity index is 1.91. The van der Waals surface area contributed by atoms with Crippen LogP contribution in [0.3, 0.4) is 0 Å². The van der Waals surface area contributed by atoms with Crippen molar-refractivity contribution in [3.63, 3.8) is 0 Å². The molecule has 2 atom stereocenters. The lowest BCUT2D eigenvalue weighted by Gasteiger charge is -2.26. The average molecular weight is 442 g/mol. The van der Waals surface area contributed by atoms with E-state index in [1.54, 1.807) is 18.2 Å². The van der Waals surface area contributed by atoms with Crippen LogP contribution in [0.15, 0.2) is 36.4 Å². The molecule has 7 heteroatoms. The molecule has 3 aromatic carbocycles. The van der Waals surface area contributed by atoms with Crippen molar-refractivity contribution in [2.24, 2.45) is 0 Å². The Kier molecular flexibility index (Phi) is 5.68. The topological polar surface area (TPSA) is 32.3 Å². The van der Waals surface area contributed by atoms with Crippen LogP contribution in [0.4, 0.5) is 13.2 Å². The van der Waals surface area contributed by atoms with E-state index in [4.69, 9.17) is 23.2 Å². The number of piperidine rings is 1. The number of aliphatic hydroxyl groups is 1. The lowest BCUT2D eigenvalue weighted by molar-refractivity contribution is -0.137. The van der Waals surface area contributed by atoms with E-state index in [9.17, 15) is 18.3 Å². The summed E-state index contributed by atoms with van der Waals surface area (Å²) in [5.41, 5.74) is -0.166. The highest BCUT2D eigenvalue weighted by atomic mass is 35.5. The van der Waals surface area contributed by atoms with Gasteiger partial charge in [-0.05, 0) is 77.9 Å². The summed E-state index contributed by atoms with van der Waals surface area (Å²) in [5, 5.41) is 17.1. The Hall–Kier alpha value is -1.53. The zero-order chi connectivity index (χ0) is 20.8. The Morgan fingerprint density at radius 3 is 2.45 bits per heavy atom. The molecule has 0 unspecified atom stereocenters. The lowest BCUT2D eigenvalue weighted by Crippen LogP contribution is -2.35. The van der Waals surface area contributed by atoms with Crippen LogP contribution in [0.1, 0.15) is 42.9 Å². The fourth-order valence-corrected chi connectivity index (χ4v) is 4.73. The number of hydrogen-bond acceptors (Lipinski definition) is 2. The third kappa shape index (κ3) is 4.19. The molecule has 1 heterocycles. The van der Waals surface area contributed by atoms with E-state index in [1.165, 1.54) is 6.07 Å². The molecule has 2 N–H and O–H groups in total. The van der Waals surface area contributed by atoms with Gasteiger partial charge >= 0.3 is 6.18 Å². The normalized spacial score (nSPS) is 19.0. The Morgan fingerprint density at radius 1 is 1.00 bits per heavy atom. The Labute approximate surface area is 176 Å². The van der Waals surface area contributed by atoms with Gasteiger partial charge < -0.3 is 10.4 Å². The van der Waals surface area contributed by atoms with Gasteiger partial charge in [0.05, 0.1) is 11.7 Å².